The van der Waals surface area contributed by atoms with Gasteiger partial charge < -0.3 is 10.1 Å². The predicted molar refractivity (Wildman–Crippen MR) is 71.8 cm³/mol. The van der Waals surface area contributed by atoms with Crippen molar-refractivity contribution in [1.82, 2.24) is 0 Å². The molecule has 1 fully saturated rings. The number of hydrogen-bond donors (Lipinski definition) is 1. The van der Waals surface area contributed by atoms with Crippen LogP contribution in [0.2, 0.25) is 0 Å². The third kappa shape index (κ3) is 3.40. The summed E-state index contributed by atoms with van der Waals surface area (Å²) in [6, 6.07) is 8.01. The lowest BCUT2D eigenvalue weighted by molar-refractivity contribution is 0.0601. The summed E-state index contributed by atoms with van der Waals surface area (Å²) in [4.78, 5) is 11.4. The van der Waals surface area contributed by atoms with Crippen LogP contribution in [0.4, 0.5) is 5.69 Å². The van der Waals surface area contributed by atoms with E-state index in [-0.39, 0.29) is 5.97 Å². The van der Waals surface area contributed by atoms with E-state index in [1.54, 1.807) is 6.07 Å². The number of ether oxygens (including phenoxy) is 1. The Labute approximate surface area is 106 Å². The van der Waals surface area contributed by atoms with Crippen molar-refractivity contribution in [3.05, 3.63) is 29.8 Å². The van der Waals surface area contributed by atoms with Gasteiger partial charge in [0, 0.05) is 17.5 Å². The van der Waals surface area contributed by atoms with Gasteiger partial charge in [-0.05, 0) is 36.8 Å². The first kappa shape index (κ1) is 12.3. The Kier molecular flexibility index (Phi) is 4.31. The number of carbonyl (C=O) groups is 1. The van der Waals surface area contributed by atoms with Crippen LogP contribution in [0.15, 0.2) is 24.3 Å². The molecule has 0 aromatic heterocycles. The van der Waals surface area contributed by atoms with E-state index < -0.39 is 0 Å². The van der Waals surface area contributed by atoms with Gasteiger partial charge in [0.05, 0.1) is 12.7 Å². The molecule has 1 unspecified atom stereocenters. The Hall–Kier alpha value is -1.16. The monoisotopic (exact) mass is 251 g/mol. The van der Waals surface area contributed by atoms with Gasteiger partial charge >= 0.3 is 5.97 Å². The van der Waals surface area contributed by atoms with Crippen LogP contribution >= 0.6 is 11.8 Å². The fourth-order valence-electron chi connectivity index (χ4n) is 1.94. The maximum absolute atomic E-state index is 11.4. The lowest BCUT2D eigenvalue weighted by Crippen LogP contribution is -2.25. The summed E-state index contributed by atoms with van der Waals surface area (Å²) in [7, 11) is 1.40. The van der Waals surface area contributed by atoms with E-state index >= 15 is 0 Å². The Morgan fingerprint density at radius 2 is 2.41 bits per heavy atom. The van der Waals surface area contributed by atoms with Crippen LogP contribution in [0.3, 0.4) is 0 Å². The summed E-state index contributed by atoms with van der Waals surface area (Å²) in [5.41, 5.74) is 1.60. The summed E-state index contributed by atoms with van der Waals surface area (Å²) >= 11 is 1.98. The molecule has 17 heavy (non-hydrogen) atoms. The van der Waals surface area contributed by atoms with Crippen molar-refractivity contribution in [2.75, 3.05) is 23.9 Å². The Morgan fingerprint density at radius 3 is 3.12 bits per heavy atom. The molecule has 1 aromatic carbocycles. The van der Waals surface area contributed by atoms with Gasteiger partial charge in [0.1, 0.15) is 0 Å². The molecule has 1 aromatic rings. The van der Waals surface area contributed by atoms with Crippen LogP contribution < -0.4 is 5.32 Å². The van der Waals surface area contributed by atoms with E-state index in [4.69, 9.17) is 4.74 Å². The molecule has 1 aliphatic heterocycles. The van der Waals surface area contributed by atoms with E-state index in [0.29, 0.717) is 11.6 Å². The van der Waals surface area contributed by atoms with Crippen LogP contribution in [0.5, 0.6) is 0 Å². The molecule has 1 heterocycles. The molecule has 3 nitrogen and oxygen atoms in total. The van der Waals surface area contributed by atoms with Gasteiger partial charge in [0.15, 0.2) is 0 Å². The van der Waals surface area contributed by atoms with Crippen LogP contribution in [-0.4, -0.2) is 30.6 Å². The van der Waals surface area contributed by atoms with Crippen molar-refractivity contribution in [3.63, 3.8) is 0 Å². The summed E-state index contributed by atoms with van der Waals surface area (Å²) in [5.74, 6) is 2.12. The SMILES string of the molecule is COC(=O)c1cccc(NC2CCCSC2)c1. The van der Waals surface area contributed by atoms with Gasteiger partial charge in [0.25, 0.3) is 0 Å². The molecule has 4 heteroatoms. The van der Waals surface area contributed by atoms with Gasteiger partial charge in [-0.1, -0.05) is 6.07 Å². The zero-order valence-electron chi connectivity index (χ0n) is 9.94. The Balaban J connectivity index is 2.02. The standard InChI is InChI=1S/C13H17NO2S/c1-16-13(15)10-4-2-5-11(8-10)14-12-6-3-7-17-9-12/h2,4-5,8,12,14H,3,6-7,9H2,1H3. The van der Waals surface area contributed by atoms with Crippen molar-refractivity contribution in [2.24, 2.45) is 0 Å². The van der Waals surface area contributed by atoms with E-state index in [1.165, 1.54) is 25.7 Å². The molecule has 0 amide bonds. The zero-order valence-corrected chi connectivity index (χ0v) is 10.8. The number of carbonyl (C=O) groups excluding carboxylic acids is 1. The van der Waals surface area contributed by atoms with Crippen molar-refractivity contribution in [2.45, 2.75) is 18.9 Å². The second-order valence-corrected chi connectivity index (χ2v) is 5.28. The largest absolute Gasteiger partial charge is 0.465 e. The van der Waals surface area contributed by atoms with Crippen molar-refractivity contribution < 1.29 is 9.53 Å². The highest BCUT2D eigenvalue weighted by molar-refractivity contribution is 7.99. The van der Waals surface area contributed by atoms with Gasteiger partial charge in [-0.2, -0.15) is 11.8 Å². The van der Waals surface area contributed by atoms with E-state index in [9.17, 15) is 4.79 Å². The minimum Gasteiger partial charge on any atom is -0.465 e. The van der Waals surface area contributed by atoms with Gasteiger partial charge in [-0.3, -0.25) is 0 Å². The first-order valence-electron chi connectivity index (χ1n) is 5.82. The fraction of sp³-hybridized carbons (Fsp3) is 0.462. The smallest absolute Gasteiger partial charge is 0.337 e. The summed E-state index contributed by atoms with van der Waals surface area (Å²) in [6.07, 6.45) is 2.47. The third-order valence-corrected chi connectivity index (χ3v) is 4.03. The minimum absolute atomic E-state index is 0.285. The Morgan fingerprint density at radius 1 is 1.53 bits per heavy atom. The predicted octanol–water partition coefficient (Wildman–Crippen LogP) is 2.78. The summed E-state index contributed by atoms with van der Waals surface area (Å²) in [5, 5.41) is 3.47. The number of rotatable bonds is 3. The third-order valence-electron chi connectivity index (χ3n) is 2.81. The number of nitrogens with one attached hydrogen (secondary N) is 1. The topological polar surface area (TPSA) is 38.3 Å². The summed E-state index contributed by atoms with van der Waals surface area (Å²) in [6.45, 7) is 0. The van der Waals surface area contributed by atoms with Gasteiger partial charge in [-0.25, -0.2) is 4.79 Å². The van der Waals surface area contributed by atoms with Crippen molar-refractivity contribution in [1.29, 1.82) is 0 Å². The van der Waals surface area contributed by atoms with E-state index in [0.717, 1.165) is 11.4 Å². The van der Waals surface area contributed by atoms with Gasteiger partial charge in [-0.15, -0.1) is 0 Å². The molecule has 1 N–H and O–H groups in total. The summed E-state index contributed by atoms with van der Waals surface area (Å²) < 4.78 is 4.71. The molecular formula is C13H17NO2S. The van der Waals surface area contributed by atoms with Crippen LogP contribution in [-0.2, 0) is 4.74 Å². The molecule has 0 spiro atoms. The fourth-order valence-corrected chi connectivity index (χ4v) is 3.02. The quantitative estimate of drug-likeness (QED) is 0.838. The first-order chi connectivity index (χ1) is 8.29. The average Bonchev–Trinajstić information content (AvgIpc) is 2.39. The Bertz CT molecular complexity index is 389. The molecule has 0 radical (unpaired) electrons. The molecular weight excluding hydrogens is 234 g/mol. The highest BCUT2D eigenvalue weighted by Crippen LogP contribution is 2.21. The molecule has 1 saturated heterocycles. The number of anilines is 1. The maximum atomic E-state index is 11.4. The molecule has 0 aliphatic carbocycles. The minimum atomic E-state index is -0.285. The molecule has 92 valence electrons. The number of esters is 1. The number of benzene rings is 1. The van der Waals surface area contributed by atoms with Crippen molar-refractivity contribution >= 4 is 23.4 Å². The van der Waals surface area contributed by atoms with Crippen LogP contribution in [0, 0.1) is 0 Å². The lowest BCUT2D eigenvalue weighted by atomic mass is 10.1. The number of methoxy groups -OCH3 is 1. The van der Waals surface area contributed by atoms with E-state index in [2.05, 4.69) is 5.32 Å². The first-order valence-corrected chi connectivity index (χ1v) is 6.98. The highest BCUT2D eigenvalue weighted by Gasteiger charge is 2.14. The molecule has 1 aliphatic rings. The zero-order chi connectivity index (χ0) is 12.1. The molecule has 2 rings (SSSR count). The normalized spacial score (nSPS) is 19.7. The van der Waals surface area contributed by atoms with Crippen LogP contribution in [0.1, 0.15) is 23.2 Å². The van der Waals surface area contributed by atoms with Crippen LogP contribution in [0.25, 0.3) is 0 Å². The second kappa shape index (κ2) is 5.96. The van der Waals surface area contributed by atoms with Crippen molar-refractivity contribution in [3.8, 4) is 0 Å². The van der Waals surface area contributed by atoms with E-state index in [1.807, 2.05) is 30.0 Å². The molecule has 0 saturated carbocycles. The lowest BCUT2D eigenvalue weighted by Gasteiger charge is -2.23. The highest BCUT2D eigenvalue weighted by atomic mass is 32.2. The molecule has 0 bridgehead atoms. The maximum Gasteiger partial charge on any atom is 0.337 e. The number of hydrogen-bond acceptors (Lipinski definition) is 4. The second-order valence-electron chi connectivity index (χ2n) is 4.13. The molecule has 1 atom stereocenters. The number of thioether (sulfide) groups is 1. The van der Waals surface area contributed by atoms with Gasteiger partial charge in [0.2, 0.25) is 0 Å². The average molecular weight is 251 g/mol.